The lowest BCUT2D eigenvalue weighted by Gasteiger charge is -2.05. The van der Waals surface area contributed by atoms with Gasteiger partial charge in [0.05, 0.1) is 6.42 Å². The van der Waals surface area contributed by atoms with Gasteiger partial charge in [0, 0.05) is 23.6 Å². The van der Waals surface area contributed by atoms with Gasteiger partial charge in [0.25, 0.3) is 0 Å². The number of carbonyl (C=O) groups is 1. The quantitative estimate of drug-likeness (QED) is 0.858. The van der Waals surface area contributed by atoms with E-state index in [1.54, 1.807) is 0 Å². The lowest BCUT2D eigenvalue weighted by molar-refractivity contribution is -0.137. The molecule has 1 heterocycles. The Labute approximate surface area is 94.3 Å². The van der Waals surface area contributed by atoms with Gasteiger partial charge in [-0.1, -0.05) is 6.07 Å². The summed E-state index contributed by atoms with van der Waals surface area (Å²) in [4.78, 5) is 10.6. The number of aryl methyl sites for hydroxylation is 3. The van der Waals surface area contributed by atoms with Gasteiger partial charge in [0.15, 0.2) is 0 Å². The molecule has 0 bridgehead atoms. The van der Waals surface area contributed by atoms with E-state index in [1.807, 2.05) is 16.8 Å². The van der Waals surface area contributed by atoms with Crippen molar-refractivity contribution < 1.29 is 9.90 Å². The summed E-state index contributed by atoms with van der Waals surface area (Å²) in [6.45, 7) is 4.67. The molecule has 0 fully saturated rings. The third-order valence-corrected chi connectivity index (χ3v) is 2.81. The molecule has 0 atom stereocenters. The molecule has 0 spiro atoms. The van der Waals surface area contributed by atoms with Crippen LogP contribution in [-0.4, -0.2) is 15.6 Å². The molecule has 0 amide bonds. The minimum Gasteiger partial charge on any atom is -0.481 e. The summed E-state index contributed by atoms with van der Waals surface area (Å²) < 4.78 is 2.00. The Hall–Kier alpha value is -1.77. The monoisotopic (exact) mass is 217 g/mol. The average molecular weight is 217 g/mol. The van der Waals surface area contributed by atoms with Crippen molar-refractivity contribution in [3.63, 3.8) is 0 Å². The number of rotatable bonds is 3. The molecule has 0 saturated carbocycles. The Kier molecular flexibility index (Phi) is 2.69. The molecule has 0 aliphatic heterocycles. The Balaban J connectivity index is 2.43. The standard InChI is InChI=1S/C13H15NO2/c1-9-7-10(2)11-3-5-14(12(11)8-9)6-4-13(15)16/h3,5,7-8H,4,6H2,1-2H3,(H,15,16). The maximum atomic E-state index is 10.6. The molecular weight excluding hydrogens is 202 g/mol. The van der Waals surface area contributed by atoms with Gasteiger partial charge in [0.1, 0.15) is 0 Å². The number of hydrogen-bond acceptors (Lipinski definition) is 1. The Morgan fingerprint density at radius 3 is 2.81 bits per heavy atom. The zero-order valence-corrected chi connectivity index (χ0v) is 9.53. The molecule has 3 nitrogen and oxygen atoms in total. The number of benzene rings is 1. The van der Waals surface area contributed by atoms with Crippen LogP contribution in [0.3, 0.4) is 0 Å². The second kappa shape index (κ2) is 4.00. The highest BCUT2D eigenvalue weighted by Crippen LogP contribution is 2.21. The number of carboxylic acids is 1. The molecule has 3 heteroatoms. The average Bonchev–Trinajstić information content (AvgIpc) is 2.58. The summed E-state index contributed by atoms with van der Waals surface area (Å²) in [6.07, 6.45) is 2.12. The van der Waals surface area contributed by atoms with Crippen molar-refractivity contribution in [1.82, 2.24) is 4.57 Å². The van der Waals surface area contributed by atoms with Crippen LogP contribution in [-0.2, 0) is 11.3 Å². The first kappa shape index (κ1) is 10.7. The highest BCUT2D eigenvalue weighted by atomic mass is 16.4. The van der Waals surface area contributed by atoms with E-state index >= 15 is 0 Å². The van der Waals surface area contributed by atoms with E-state index in [0.29, 0.717) is 6.54 Å². The van der Waals surface area contributed by atoms with Crippen molar-refractivity contribution in [1.29, 1.82) is 0 Å². The first-order chi connectivity index (χ1) is 7.58. The van der Waals surface area contributed by atoms with Crippen molar-refractivity contribution in [3.8, 4) is 0 Å². The van der Waals surface area contributed by atoms with Gasteiger partial charge in [-0.25, -0.2) is 0 Å². The van der Waals surface area contributed by atoms with Crippen LogP contribution >= 0.6 is 0 Å². The lowest BCUT2D eigenvalue weighted by atomic mass is 10.1. The van der Waals surface area contributed by atoms with Gasteiger partial charge in [-0.3, -0.25) is 4.79 Å². The van der Waals surface area contributed by atoms with Crippen molar-refractivity contribution >= 4 is 16.9 Å². The molecule has 1 aromatic heterocycles. The van der Waals surface area contributed by atoms with Gasteiger partial charge in [-0.2, -0.15) is 0 Å². The molecule has 1 N–H and O–H groups in total. The molecule has 0 radical (unpaired) electrons. The molecule has 2 aromatic rings. The van der Waals surface area contributed by atoms with Gasteiger partial charge >= 0.3 is 5.97 Å². The zero-order chi connectivity index (χ0) is 11.7. The van der Waals surface area contributed by atoms with Gasteiger partial charge in [-0.15, -0.1) is 0 Å². The number of fused-ring (bicyclic) bond motifs is 1. The number of carboxylic acid groups (broad SMARTS) is 1. The number of aliphatic carboxylic acids is 1. The zero-order valence-electron chi connectivity index (χ0n) is 9.53. The molecule has 0 saturated heterocycles. The van der Waals surface area contributed by atoms with E-state index in [1.165, 1.54) is 16.5 Å². The fourth-order valence-electron chi connectivity index (χ4n) is 2.07. The van der Waals surface area contributed by atoms with Crippen LogP contribution in [0.25, 0.3) is 10.9 Å². The van der Waals surface area contributed by atoms with E-state index in [0.717, 1.165) is 5.52 Å². The molecule has 0 aliphatic carbocycles. The summed E-state index contributed by atoms with van der Waals surface area (Å²) in [5.41, 5.74) is 3.57. The smallest absolute Gasteiger partial charge is 0.305 e. The van der Waals surface area contributed by atoms with Gasteiger partial charge in [-0.05, 0) is 37.1 Å². The second-order valence-corrected chi connectivity index (χ2v) is 4.17. The Morgan fingerprint density at radius 2 is 2.12 bits per heavy atom. The molecule has 16 heavy (non-hydrogen) atoms. The van der Waals surface area contributed by atoms with Crippen molar-refractivity contribution in [2.45, 2.75) is 26.8 Å². The molecule has 2 rings (SSSR count). The maximum absolute atomic E-state index is 10.6. The van der Waals surface area contributed by atoms with Crippen LogP contribution in [0.4, 0.5) is 0 Å². The molecule has 1 aromatic carbocycles. The minimum atomic E-state index is -0.758. The molecule has 0 aliphatic rings. The summed E-state index contributed by atoms with van der Waals surface area (Å²) in [6, 6.07) is 6.29. The normalized spacial score (nSPS) is 10.9. The maximum Gasteiger partial charge on any atom is 0.305 e. The van der Waals surface area contributed by atoms with Crippen molar-refractivity contribution in [2.75, 3.05) is 0 Å². The van der Waals surface area contributed by atoms with E-state index in [4.69, 9.17) is 5.11 Å². The third-order valence-electron chi connectivity index (χ3n) is 2.81. The van der Waals surface area contributed by atoms with Gasteiger partial charge in [0.2, 0.25) is 0 Å². The van der Waals surface area contributed by atoms with Crippen LogP contribution in [0.5, 0.6) is 0 Å². The van der Waals surface area contributed by atoms with Crippen LogP contribution in [0.2, 0.25) is 0 Å². The fourth-order valence-corrected chi connectivity index (χ4v) is 2.07. The van der Waals surface area contributed by atoms with E-state index in [2.05, 4.69) is 26.0 Å². The SMILES string of the molecule is Cc1cc(C)c2ccn(CCC(=O)O)c2c1. The summed E-state index contributed by atoms with van der Waals surface area (Å²) in [5.74, 6) is -0.758. The van der Waals surface area contributed by atoms with Crippen LogP contribution < -0.4 is 0 Å². The highest BCUT2D eigenvalue weighted by Gasteiger charge is 2.05. The number of nitrogens with zero attached hydrogens (tertiary/aromatic N) is 1. The number of hydrogen-bond donors (Lipinski definition) is 1. The predicted molar refractivity (Wildman–Crippen MR) is 63.7 cm³/mol. The Bertz CT molecular complexity index is 540. The lowest BCUT2D eigenvalue weighted by Crippen LogP contribution is -2.03. The highest BCUT2D eigenvalue weighted by molar-refractivity contribution is 5.84. The number of aromatic nitrogens is 1. The van der Waals surface area contributed by atoms with Crippen LogP contribution in [0.1, 0.15) is 17.5 Å². The largest absolute Gasteiger partial charge is 0.481 e. The second-order valence-electron chi connectivity index (χ2n) is 4.17. The Morgan fingerprint density at radius 1 is 1.38 bits per heavy atom. The fraction of sp³-hybridized carbons (Fsp3) is 0.308. The molecular formula is C13H15NO2. The predicted octanol–water partition coefficient (Wildman–Crippen LogP) is 2.73. The summed E-state index contributed by atoms with van der Waals surface area (Å²) in [7, 11) is 0. The molecule has 84 valence electrons. The van der Waals surface area contributed by atoms with E-state index in [-0.39, 0.29) is 6.42 Å². The summed E-state index contributed by atoms with van der Waals surface area (Å²) >= 11 is 0. The van der Waals surface area contributed by atoms with Crippen LogP contribution in [0, 0.1) is 13.8 Å². The molecule has 0 unspecified atom stereocenters. The third kappa shape index (κ3) is 1.94. The van der Waals surface area contributed by atoms with Crippen molar-refractivity contribution in [2.24, 2.45) is 0 Å². The van der Waals surface area contributed by atoms with Gasteiger partial charge < -0.3 is 9.67 Å². The van der Waals surface area contributed by atoms with E-state index < -0.39 is 5.97 Å². The first-order valence-electron chi connectivity index (χ1n) is 5.36. The first-order valence-corrected chi connectivity index (χ1v) is 5.36. The summed E-state index contributed by atoms with van der Waals surface area (Å²) in [5, 5.41) is 9.88. The van der Waals surface area contributed by atoms with Crippen LogP contribution in [0.15, 0.2) is 24.4 Å². The van der Waals surface area contributed by atoms with E-state index in [9.17, 15) is 4.79 Å². The minimum absolute atomic E-state index is 0.163. The topological polar surface area (TPSA) is 42.2 Å². The van der Waals surface area contributed by atoms with Crippen molar-refractivity contribution in [3.05, 3.63) is 35.5 Å².